The zero-order valence-electron chi connectivity index (χ0n) is 21.8. The zero-order valence-corrected chi connectivity index (χ0v) is 22.6. The third-order valence-corrected chi connectivity index (χ3v) is 6.98. The van der Waals surface area contributed by atoms with Crippen LogP contribution in [0.25, 0.3) is 5.76 Å². The van der Waals surface area contributed by atoms with Crippen molar-refractivity contribution in [1.82, 2.24) is 0 Å². The van der Waals surface area contributed by atoms with E-state index in [0.29, 0.717) is 28.6 Å². The number of hydrogen-bond donors (Lipinski definition) is 1. The van der Waals surface area contributed by atoms with Crippen LogP contribution in [-0.2, 0) is 21.4 Å². The van der Waals surface area contributed by atoms with E-state index < -0.39 is 17.7 Å². The van der Waals surface area contributed by atoms with Crippen LogP contribution in [0.15, 0.2) is 72.3 Å². The third kappa shape index (κ3) is 5.14. The van der Waals surface area contributed by atoms with Gasteiger partial charge < -0.3 is 9.84 Å². The van der Waals surface area contributed by atoms with E-state index in [1.807, 2.05) is 55.5 Å². The molecule has 3 aromatic carbocycles. The van der Waals surface area contributed by atoms with E-state index in [9.17, 15) is 14.7 Å². The predicted octanol–water partition coefficient (Wildman–Crippen LogP) is 7.22. The highest BCUT2D eigenvalue weighted by Gasteiger charge is 2.47. The average Bonchev–Trinajstić information content (AvgIpc) is 3.15. The van der Waals surface area contributed by atoms with Crippen molar-refractivity contribution in [1.29, 1.82) is 0 Å². The molecule has 1 atom stereocenters. The van der Waals surface area contributed by atoms with Crippen molar-refractivity contribution in [2.24, 2.45) is 0 Å². The standard InChI is InChI=1S/C31H32ClNO4/c1-6-19-8-10-20(11-9-19)27-26(28(34)21-12-17-24(32)25(18-21)37-7-2)29(35)30(36)33(27)23-15-13-22(14-16-23)31(3,4)5/h8-18,27,34H,6-7H2,1-5H3/b28-26-. The monoisotopic (exact) mass is 517 g/mol. The Bertz CT molecular complexity index is 1350. The van der Waals surface area contributed by atoms with Gasteiger partial charge in [-0.1, -0.05) is 75.7 Å². The molecule has 6 heteroatoms. The lowest BCUT2D eigenvalue weighted by Crippen LogP contribution is -2.29. The van der Waals surface area contributed by atoms with E-state index in [2.05, 4.69) is 27.7 Å². The molecule has 4 rings (SSSR count). The zero-order chi connectivity index (χ0) is 26.9. The highest BCUT2D eigenvalue weighted by molar-refractivity contribution is 6.51. The number of Topliss-reactive ketones (excluding diaryl/α,β-unsaturated/α-hetero) is 1. The Labute approximate surface area is 223 Å². The molecule has 0 aliphatic carbocycles. The van der Waals surface area contributed by atoms with Gasteiger partial charge in [-0.25, -0.2) is 0 Å². The van der Waals surface area contributed by atoms with Crippen LogP contribution in [-0.4, -0.2) is 23.4 Å². The number of ether oxygens (including phenoxy) is 1. The summed E-state index contributed by atoms with van der Waals surface area (Å²) in [5.74, 6) is -1.30. The van der Waals surface area contributed by atoms with Gasteiger partial charge in [0.15, 0.2) is 0 Å². The number of hydrogen-bond acceptors (Lipinski definition) is 4. The summed E-state index contributed by atoms with van der Waals surface area (Å²) in [5.41, 5.74) is 3.88. The number of carbonyl (C=O) groups is 2. The second-order valence-electron chi connectivity index (χ2n) is 10.1. The van der Waals surface area contributed by atoms with Gasteiger partial charge in [-0.3, -0.25) is 14.5 Å². The molecule has 1 saturated heterocycles. The maximum Gasteiger partial charge on any atom is 0.300 e. The van der Waals surface area contributed by atoms with E-state index in [-0.39, 0.29) is 16.7 Å². The lowest BCUT2D eigenvalue weighted by atomic mass is 9.87. The Morgan fingerprint density at radius 3 is 2.19 bits per heavy atom. The molecule has 1 unspecified atom stereocenters. The summed E-state index contributed by atoms with van der Waals surface area (Å²) in [5, 5.41) is 11.8. The van der Waals surface area contributed by atoms with E-state index in [0.717, 1.165) is 23.1 Å². The van der Waals surface area contributed by atoms with Gasteiger partial charge in [0.2, 0.25) is 0 Å². The van der Waals surface area contributed by atoms with Crippen LogP contribution in [0.1, 0.15) is 62.9 Å². The number of halogens is 1. The SMILES string of the molecule is CCOc1cc(/C(O)=C2/C(=O)C(=O)N(c3ccc(C(C)(C)C)cc3)C2c2ccc(CC)cc2)ccc1Cl. The first kappa shape index (κ1) is 26.5. The molecule has 1 N–H and O–H groups in total. The first-order valence-corrected chi connectivity index (χ1v) is 12.9. The minimum Gasteiger partial charge on any atom is -0.507 e. The van der Waals surface area contributed by atoms with Crippen LogP contribution in [0.4, 0.5) is 5.69 Å². The molecule has 5 nitrogen and oxygen atoms in total. The molecule has 1 fully saturated rings. The third-order valence-electron chi connectivity index (χ3n) is 6.66. The molecule has 0 saturated carbocycles. The summed E-state index contributed by atoms with van der Waals surface area (Å²) >= 11 is 6.24. The molecular weight excluding hydrogens is 486 g/mol. The first-order chi connectivity index (χ1) is 17.6. The number of aliphatic hydroxyl groups is 1. The number of nitrogens with zero attached hydrogens (tertiary/aromatic N) is 1. The van der Waals surface area contributed by atoms with E-state index in [4.69, 9.17) is 16.3 Å². The molecule has 0 aromatic heterocycles. The molecule has 0 spiro atoms. The van der Waals surface area contributed by atoms with Crippen LogP contribution in [0.5, 0.6) is 5.75 Å². The summed E-state index contributed by atoms with van der Waals surface area (Å²) in [4.78, 5) is 28.4. The fourth-order valence-corrected chi connectivity index (χ4v) is 4.72. The van der Waals surface area contributed by atoms with Crippen LogP contribution in [0, 0.1) is 0 Å². The number of aryl methyl sites for hydroxylation is 1. The number of ketones is 1. The maximum absolute atomic E-state index is 13.4. The van der Waals surface area contributed by atoms with Crippen molar-refractivity contribution in [3.8, 4) is 5.75 Å². The molecule has 1 aliphatic rings. The van der Waals surface area contributed by atoms with Crippen LogP contribution >= 0.6 is 11.6 Å². The quantitative estimate of drug-likeness (QED) is 0.213. The Morgan fingerprint density at radius 1 is 0.973 bits per heavy atom. The van der Waals surface area contributed by atoms with E-state index in [1.54, 1.807) is 18.2 Å². The normalized spacial score (nSPS) is 17.4. The minimum atomic E-state index is -0.794. The van der Waals surface area contributed by atoms with Gasteiger partial charge in [0.05, 0.1) is 23.2 Å². The maximum atomic E-state index is 13.4. The van der Waals surface area contributed by atoms with E-state index >= 15 is 0 Å². The van der Waals surface area contributed by atoms with Crippen LogP contribution in [0.3, 0.4) is 0 Å². The molecule has 0 bridgehead atoms. The molecule has 1 aliphatic heterocycles. The summed E-state index contributed by atoms with van der Waals surface area (Å²) < 4.78 is 5.58. The number of anilines is 1. The Kier molecular flexibility index (Phi) is 7.47. The molecule has 1 heterocycles. The van der Waals surface area contributed by atoms with E-state index in [1.165, 1.54) is 4.90 Å². The lowest BCUT2D eigenvalue weighted by molar-refractivity contribution is -0.132. The van der Waals surface area contributed by atoms with Gasteiger partial charge in [0.25, 0.3) is 11.7 Å². The summed E-state index contributed by atoms with van der Waals surface area (Å²) in [7, 11) is 0. The average molecular weight is 518 g/mol. The summed E-state index contributed by atoms with van der Waals surface area (Å²) in [6, 6.07) is 19.4. The molecule has 37 heavy (non-hydrogen) atoms. The van der Waals surface area contributed by atoms with Gasteiger partial charge in [0, 0.05) is 11.3 Å². The van der Waals surface area contributed by atoms with Gasteiger partial charge in [0.1, 0.15) is 11.5 Å². The second kappa shape index (κ2) is 10.4. The van der Waals surface area contributed by atoms with Crippen LogP contribution < -0.4 is 9.64 Å². The van der Waals surface area contributed by atoms with Crippen molar-refractivity contribution >= 4 is 34.7 Å². The highest BCUT2D eigenvalue weighted by atomic mass is 35.5. The molecule has 1 amide bonds. The van der Waals surface area contributed by atoms with Gasteiger partial charge in [-0.15, -0.1) is 0 Å². The predicted molar refractivity (Wildman–Crippen MR) is 148 cm³/mol. The number of benzene rings is 3. The van der Waals surface area contributed by atoms with Crippen molar-refractivity contribution in [2.75, 3.05) is 11.5 Å². The molecule has 0 radical (unpaired) electrons. The minimum absolute atomic E-state index is 0.0268. The molecule has 192 valence electrons. The summed E-state index contributed by atoms with van der Waals surface area (Å²) in [6.45, 7) is 10.6. The molecule has 3 aromatic rings. The Balaban J connectivity index is 1.90. The van der Waals surface area contributed by atoms with Crippen LogP contribution in [0.2, 0.25) is 5.02 Å². The second-order valence-corrected chi connectivity index (χ2v) is 10.5. The Hall–Kier alpha value is -3.57. The topological polar surface area (TPSA) is 66.8 Å². The fourth-order valence-electron chi connectivity index (χ4n) is 4.54. The number of carbonyl (C=O) groups excluding carboxylic acids is 2. The number of amides is 1. The van der Waals surface area contributed by atoms with Crippen molar-refractivity contribution in [2.45, 2.75) is 52.5 Å². The van der Waals surface area contributed by atoms with Crippen molar-refractivity contribution in [3.05, 3.63) is 99.6 Å². The van der Waals surface area contributed by atoms with Crippen molar-refractivity contribution < 1.29 is 19.4 Å². The Morgan fingerprint density at radius 2 is 1.62 bits per heavy atom. The lowest BCUT2D eigenvalue weighted by Gasteiger charge is -2.27. The van der Waals surface area contributed by atoms with Gasteiger partial charge in [-0.2, -0.15) is 0 Å². The smallest absolute Gasteiger partial charge is 0.300 e. The highest BCUT2D eigenvalue weighted by Crippen LogP contribution is 2.43. The first-order valence-electron chi connectivity index (χ1n) is 12.5. The summed E-state index contributed by atoms with van der Waals surface area (Å²) in [6.07, 6.45) is 0.861. The van der Waals surface area contributed by atoms with Crippen molar-refractivity contribution in [3.63, 3.8) is 0 Å². The number of aliphatic hydroxyl groups excluding tert-OH is 1. The van der Waals surface area contributed by atoms with Gasteiger partial charge >= 0.3 is 0 Å². The van der Waals surface area contributed by atoms with Gasteiger partial charge in [-0.05, 0) is 65.8 Å². The fraction of sp³-hybridized carbons (Fsp3) is 0.290. The largest absolute Gasteiger partial charge is 0.507 e. The number of rotatable bonds is 6. The molecular formula is C31H32ClNO4.